The van der Waals surface area contributed by atoms with Gasteiger partial charge in [0.1, 0.15) is 18.1 Å². The minimum Gasteiger partial charge on any atom is -0.508 e. The number of benzene rings is 3. The quantitative estimate of drug-likeness (QED) is 0.231. The van der Waals surface area contributed by atoms with Crippen molar-refractivity contribution in [1.82, 2.24) is 4.90 Å². The molecule has 0 amide bonds. The molecule has 1 aliphatic heterocycles. The number of phenolic OH excluding ortho intramolecular Hbond substituents is 1. The first kappa shape index (κ1) is 33.1. The minimum absolute atomic E-state index is 0. The average Bonchev–Trinajstić information content (AvgIpc) is 3.50. The molecular weight excluding hydrogens is 606 g/mol. The van der Waals surface area contributed by atoms with Crippen LogP contribution in [0.3, 0.4) is 0 Å². The molecule has 0 saturated carbocycles. The van der Waals surface area contributed by atoms with Crippen molar-refractivity contribution in [1.29, 1.82) is 0 Å². The van der Waals surface area contributed by atoms with E-state index >= 15 is 0 Å². The number of aliphatic hydroxyl groups excluding tert-OH is 2. The number of nitrogens with zero attached hydrogens (tertiary/aromatic N) is 1. The molecule has 5 N–H and O–H groups in total. The molecule has 1 saturated heterocycles. The van der Waals surface area contributed by atoms with Gasteiger partial charge in [-0.3, -0.25) is 4.90 Å². The lowest BCUT2D eigenvalue weighted by molar-refractivity contribution is -0.165. The van der Waals surface area contributed by atoms with Crippen molar-refractivity contribution in [3.05, 3.63) is 95.1 Å². The van der Waals surface area contributed by atoms with Crippen LogP contribution in [0.25, 0.3) is 0 Å². The summed E-state index contributed by atoms with van der Waals surface area (Å²) in [4.78, 5) is 22.0. The van der Waals surface area contributed by atoms with E-state index in [1.807, 2.05) is 12.1 Å². The number of likely N-dealkylation sites (tertiary alicyclic amines) is 1. The molecule has 2 unspecified atom stereocenters. The van der Waals surface area contributed by atoms with Gasteiger partial charge in [0.2, 0.25) is 0 Å². The Morgan fingerprint density at radius 2 is 1.48 bits per heavy atom. The summed E-state index contributed by atoms with van der Waals surface area (Å²) in [6.07, 6.45) is 0.182. The van der Waals surface area contributed by atoms with Gasteiger partial charge in [-0.1, -0.05) is 48.5 Å². The average molecular weight is 645 g/mol. The molecule has 0 spiro atoms. The molecule has 5 rings (SSSR count). The van der Waals surface area contributed by atoms with Crippen LogP contribution in [0.2, 0.25) is 0 Å². The van der Waals surface area contributed by atoms with Gasteiger partial charge in [0.25, 0.3) is 0 Å². The van der Waals surface area contributed by atoms with Gasteiger partial charge in [0.15, 0.2) is 12.2 Å². The summed E-state index contributed by atoms with van der Waals surface area (Å²) in [5, 5.41) is 42.5. The Bertz CT molecular complexity index is 1280. The maximum atomic E-state index is 10.0. The summed E-state index contributed by atoms with van der Waals surface area (Å²) in [6, 6.07) is 25.4. The Morgan fingerprint density at radius 1 is 0.857 bits per heavy atom. The van der Waals surface area contributed by atoms with Gasteiger partial charge in [-0.25, -0.2) is 9.59 Å². The number of halogens is 1. The minimum atomic E-state index is -2.27. The van der Waals surface area contributed by atoms with E-state index in [1.54, 1.807) is 0 Å². The predicted molar refractivity (Wildman–Crippen MR) is 163 cm³/mol. The van der Waals surface area contributed by atoms with Crippen LogP contribution in [0, 0.1) is 0 Å². The zero-order chi connectivity index (χ0) is 29.4. The van der Waals surface area contributed by atoms with Gasteiger partial charge in [-0.2, -0.15) is 0 Å². The van der Waals surface area contributed by atoms with Gasteiger partial charge < -0.3 is 30.3 Å². The zero-order valence-electron chi connectivity index (χ0n) is 23.2. The first-order valence-electron chi connectivity index (χ1n) is 13.9. The first-order chi connectivity index (χ1) is 19.7. The van der Waals surface area contributed by atoms with Crippen LogP contribution in [-0.4, -0.2) is 80.8 Å². The molecule has 42 heavy (non-hydrogen) atoms. The normalized spacial score (nSPS) is 19.3. The Labute approximate surface area is 255 Å². The summed E-state index contributed by atoms with van der Waals surface area (Å²) >= 11 is 0. The van der Waals surface area contributed by atoms with E-state index < -0.39 is 24.1 Å². The van der Waals surface area contributed by atoms with E-state index in [1.165, 1.54) is 48.2 Å². The second-order valence-corrected chi connectivity index (χ2v) is 10.4. The number of aliphatic carboxylic acids is 2. The SMILES string of the molecule is Br.O=C(O)C(O)C(O)C(=O)O.Oc1ccc2c(c1)CC[C@H](c1ccccc1)[C@@H]2c1ccc(OCCN2CCCC2)cc1. The van der Waals surface area contributed by atoms with Crippen molar-refractivity contribution in [2.45, 2.75) is 49.7 Å². The van der Waals surface area contributed by atoms with Gasteiger partial charge >= 0.3 is 11.9 Å². The summed E-state index contributed by atoms with van der Waals surface area (Å²) < 4.78 is 6.03. The highest BCUT2D eigenvalue weighted by molar-refractivity contribution is 8.93. The summed E-state index contributed by atoms with van der Waals surface area (Å²) in [5.41, 5.74) is 5.30. The summed E-state index contributed by atoms with van der Waals surface area (Å²) in [7, 11) is 0. The molecule has 0 aromatic heterocycles. The molecule has 3 aromatic rings. The lowest BCUT2D eigenvalue weighted by atomic mass is 9.69. The number of carboxylic acids is 2. The molecule has 4 atom stereocenters. The molecule has 1 fully saturated rings. The smallest absolute Gasteiger partial charge is 0.335 e. The molecule has 226 valence electrons. The third-order valence-corrected chi connectivity index (χ3v) is 7.74. The van der Waals surface area contributed by atoms with Crippen molar-refractivity contribution < 1.29 is 39.9 Å². The molecule has 1 aliphatic carbocycles. The monoisotopic (exact) mass is 643 g/mol. The topological polar surface area (TPSA) is 148 Å². The summed E-state index contributed by atoms with van der Waals surface area (Å²) in [6.45, 7) is 4.18. The van der Waals surface area contributed by atoms with Gasteiger partial charge in [0.05, 0.1) is 0 Å². The standard InChI is InChI=1S/C28H31NO2.C4H6O6.BrH/c30-24-11-15-27-23(20-24)10-14-26(21-6-2-1-3-7-21)28(27)22-8-12-25(13-9-22)31-19-18-29-16-4-5-17-29;5-1(3(7)8)2(6)4(9)10;/h1-3,6-9,11-13,15,20,26,28,30H,4-5,10,14,16-19H2;1-2,5-6H,(H,7,8)(H,9,10);1H/t26-,28+;;/m1../s1. The van der Waals surface area contributed by atoms with E-state index in [9.17, 15) is 14.7 Å². The fraction of sp³-hybridized carbons (Fsp3) is 0.375. The van der Waals surface area contributed by atoms with Crippen molar-refractivity contribution >= 4 is 28.9 Å². The largest absolute Gasteiger partial charge is 0.508 e. The fourth-order valence-corrected chi connectivity index (χ4v) is 5.62. The maximum Gasteiger partial charge on any atom is 0.335 e. The maximum absolute atomic E-state index is 10.0. The second-order valence-electron chi connectivity index (χ2n) is 10.4. The third kappa shape index (κ3) is 8.54. The van der Waals surface area contributed by atoms with Gasteiger partial charge in [-0.15, -0.1) is 17.0 Å². The Balaban J connectivity index is 0.000000381. The molecule has 3 aromatic carbocycles. The van der Waals surface area contributed by atoms with E-state index in [2.05, 4.69) is 65.6 Å². The number of ether oxygens (including phenoxy) is 1. The summed E-state index contributed by atoms with van der Waals surface area (Å²) in [5.74, 6) is -1.52. The number of carbonyl (C=O) groups is 2. The molecule has 0 radical (unpaired) electrons. The molecule has 1 heterocycles. The van der Waals surface area contributed by atoms with E-state index in [4.69, 9.17) is 25.2 Å². The molecule has 0 bridgehead atoms. The van der Waals surface area contributed by atoms with E-state index in [-0.39, 0.29) is 22.9 Å². The number of rotatable bonds is 9. The fourth-order valence-electron chi connectivity index (χ4n) is 5.62. The molecule has 10 heteroatoms. The van der Waals surface area contributed by atoms with Crippen molar-refractivity contribution in [3.63, 3.8) is 0 Å². The third-order valence-electron chi connectivity index (χ3n) is 7.74. The van der Waals surface area contributed by atoms with Gasteiger partial charge in [0, 0.05) is 12.5 Å². The Morgan fingerprint density at radius 3 is 2.07 bits per heavy atom. The number of phenols is 1. The highest BCUT2D eigenvalue weighted by Crippen LogP contribution is 2.47. The van der Waals surface area contributed by atoms with Crippen LogP contribution >= 0.6 is 17.0 Å². The highest BCUT2D eigenvalue weighted by Gasteiger charge is 2.32. The molecular formula is C32H38BrNO8. The number of aryl methyl sites for hydroxylation is 1. The van der Waals surface area contributed by atoms with Crippen LogP contribution in [-0.2, 0) is 16.0 Å². The molecule has 2 aliphatic rings. The number of carboxylic acid groups (broad SMARTS) is 2. The van der Waals surface area contributed by atoms with Crippen molar-refractivity contribution in [2.24, 2.45) is 0 Å². The Kier molecular flexibility index (Phi) is 12.4. The van der Waals surface area contributed by atoms with Crippen LogP contribution < -0.4 is 4.74 Å². The lowest BCUT2D eigenvalue weighted by Gasteiger charge is -2.35. The van der Waals surface area contributed by atoms with Crippen LogP contribution in [0.4, 0.5) is 0 Å². The predicted octanol–water partition coefficient (Wildman–Crippen LogP) is 4.18. The van der Waals surface area contributed by atoms with E-state index in [0.717, 1.165) is 31.7 Å². The number of aliphatic hydroxyl groups is 2. The van der Waals surface area contributed by atoms with Crippen LogP contribution in [0.1, 0.15) is 53.4 Å². The van der Waals surface area contributed by atoms with Crippen LogP contribution in [0.5, 0.6) is 11.5 Å². The highest BCUT2D eigenvalue weighted by atomic mass is 79.9. The number of fused-ring (bicyclic) bond motifs is 1. The van der Waals surface area contributed by atoms with Gasteiger partial charge in [-0.05, 0) is 91.2 Å². The number of aromatic hydroxyl groups is 1. The number of hydrogen-bond donors (Lipinski definition) is 5. The number of hydrogen-bond acceptors (Lipinski definition) is 7. The molecule has 9 nitrogen and oxygen atoms in total. The van der Waals surface area contributed by atoms with Crippen molar-refractivity contribution in [2.75, 3.05) is 26.2 Å². The van der Waals surface area contributed by atoms with Crippen LogP contribution in [0.15, 0.2) is 72.8 Å². The lowest BCUT2D eigenvalue weighted by Crippen LogP contribution is -2.39. The Hall–Kier alpha value is -3.44. The first-order valence-corrected chi connectivity index (χ1v) is 13.9. The van der Waals surface area contributed by atoms with E-state index in [0.29, 0.717) is 11.7 Å². The second kappa shape index (κ2) is 15.7. The van der Waals surface area contributed by atoms with Crippen molar-refractivity contribution in [3.8, 4) is 11.5 Å². The zero-order valence-corrected chi connectivity index (χ0v) is 24.9.